The van der Waals surface area contributed by atoms with Crippen LogP contribution in [0.4, 0.5) is 0 Å². The molecule has 0 spiro atoms. The van der Waals surface area contributed by atoms with E-state index in [4.69, 9.17) is 10.7 Å². The van der Waals surface area contributed by atoms with Crippen LogP contribution >= 0.6 is 23.1 Å². The van der Waals surface area contributed by atoms with E-state index < -0.39 is 5.91 Å². The van der Waals surface area contributed by atoms with E-state index in [1.54, 1.807) is 15.9 Å². The van der Waals surface area contributed by atoms with Crippen molar-refractivity contribution in [3.63, 3.8) is 0 Å². The number of hydrogen-bond acceptors (Lipinski definition) is 5. The quantitative estimate of drug-likeness (QED) is 0.641. The number of aromatic nitrogens is 2. The van der Waals surface area contributed by atoms with Crippen molar-refractivity contribution in [2.45, 2.75) is 57.1 Å². The summed E-state index contributed by atoms with van der Waals surface area (Å²) in [5.74, 6) is -0.244. The summed E-state index contributed by atoms with van der Waals surface area (Å²) >= 11 is 2.91. The molecule has 2 aromatic heterocycles. The maximum Gasteiger partial charge on any atom is 0.263 e. The highest BCUT2D eigenvalue weighted by Gasteiger charge is 2.22. The van der Waals surface area contributed by atoms with E-state index in [0.717, 1.165) is 42.3 Å². The third-order valence-corrected chi connectivity index (χ3v) is 6.30. The van der Waals surface area contributed by atoms with Gasteiger partial charge in [0.2, 0.25) is 5.91 Å². The van der Waals surface area contributed by atoms with Crippen molar-refractivity contribution in [2.75, 3.05) is 5.75 Å². The van der Waals surface area contributed by atoms with Crippen molar-refractivity contribution < 1.29 is 4.79 Å². The lowest BCUT2D eigenvalue weighted by Gasteiger charge is -2.12. The van der Waals surface area contributed by atoms with Crippen LogP contribution in [-0.2, 0) is 24.2 Å². The van der Waals surface area contributed by atoms with Crippen molar-refractivity contribution in [3.05, 3.63) is 20.8 Å². The highest BCUT2D eigenvalue weighted by molar-refractivity contribution is 7.99. The van der Waals surface area contributed by atoms with Crippen LogP contribution in [0.25, 0.3) is 10.2 Å². The van der Waals surface area contributed by atoms with Crippen molar-refractivity contribution >= 4 is 39.2 Å². The summed E-state index contributed by atoms with van der Waals surface area (Å²) in [6.07, 6.45) is 6.29. The van der Waals surface area contributed by atoms with Gasteiger partial charge in [-0.2, -0.15) is 0 Å². The Hall–Kier alpha value is -1.34. The Bertz CT molecular complexity index is 795. The van der Waals surface area contributed by atoms with Crippen LogP contribution in [0.2, 0.25) is 0 Å². The molecule has 23 heavy (non-hydrogen) atoms. The van der Waals surface area contributed by atoms with Crippen LogP contribution < -0.4 is 11.3 Å². The molecule has 0 atom stereocenters. The molecule has 3 rings (SSSR count). The molecule has 2 aromatic rings. The van der Waals surface area contributed by atoms with Gasteiger partial charge in [-0.15, -0.1) is 11.3 Å². The standard InChI is InChI=1S/C16H21N3O2S2/c1-2-3-8-19-15(21)13-10-6-4-5-7-11(10)23-14(13)18-16(19)22-9-12(17)20/h2-9H2,1H3,(H2,17,20). The summed E-state index contributed by atoms with van der Waals surface area (Å²) in [7, 11) is 0. The first-order valence-corrected chi connectivity index (χ1v) is 9.88. The highest BCUT2D eigenvalue weighted by atomic mass is 32.2. The van der Waals surface area contributed by atoms with Gasteiger partial charge in [-0.3, -0.25) is 14.2 Å². The van der Waals surface area contributed by atoms with Gasteiger partial charge >= 0.3 is 0 Å². The zero-order valence-electron chi connectivity index (χ0n) is 13.3. The van der Waals surface area contributed by atoms with Crippen LogP contribution in [-0.4, -0.2) is 21.2 Å². The summed E-state index contributed by atoms with van der Waals surface area (Å²) in [6.45, 7) is 2.74. The number of nitrogens with zero attached hydrogens (tertiary/aromatic N) is 2. The van der Waals surface area contributed by atoms with E-state index >= 15 is 0 Å². The maximum atomic E-state index is 13.0. The molecule has 1 amide bonds. The molecule has 0 fully saturated rings. The molecular formula is C16H21N3O2S2. The molecule has 1 aliphatic rings. The number of carbonyl (C=O) groups excluding carboxylic acids is 1. The van der Waals surface area contributed by atoms with Crippen LogP contribution in [0.3, 0.4) is 0 Å². The molecule has 0 saturated heterocycles. The Labute approximate surface area is 143 Å². The number of fused-ring (bicyclic) bond motifs is 3. The molecule has 0 aromatic carbocycles. The lowest BCUT2D eigenvalue weighted by Crippen LogP contribution is -2.24. The van der Waals surface area contributed by atoms with Gasteiger partial charge in [0.25, 0.3) is 5.56 Å². The summed E-state index contributed by atoms with van der Waals surface area (Å²) < 4.78 is 1.74. The second-order valence-electron chi connectivity index (χ2n) is 5.85. The van der Waals surface area contributed by atoms with Crippen LogP contribution in [0.1, 0.15) is 43.0 Å². The van der Waals surface area contributed by atoms with E-state index in [1.165, 1.54) is 28.6 Å². The van der Waals surface area contributed by atoms with Gasteiger partial charge in [-0.05, 0) is 37.7 Å². The first kappa shape index (κ1) is 16.5. The number of thioether (sulfide) groups is 1. The number of nitrogens with two attached hydrogens (primary N) is 1. The fraction of sp³-hybridized carbons (Fsp3) is 0.562. The third kappa shape index (κ3) is 3.30. The number of amides is 1. The van der Waals surface area contributed by atoms with E-state index in [1.807, 2.05) is 0 Å². The Morgan fingerprint density at radius 3 is 2.91 bits per heavy atom. The van der Waals surface area contributed by atoms with Gasteiger partial charge < -0.3 is 5.73 Å². The minimum atomic E-state index is -0.392. The van der Waals surface area contributed by atoms with Crippen LogP contribution in [0.5, 0.6) is 0 Å². The Morgan fingerprint density at radius 2 is 2.17 bits per heavy atom. The summed E-state index contributed by atoms with van der Waals surface area (Å²) in [5.41, 5.74) is 6.51. The van der Waals surface area contributed by atoms with Gasteiger partial charge in [0.05, 0.1) is 11.1 Å². The van der Waals surface area contributed by atoms with Gasteiger partial charge in [0, 0.05) is 11.4 Å². The normalized spacial score (nSPS) is 14.1. The average Bonchev–Trinajstić information content (AvgIpc) is 2.90. The summed E-state index contributed by atoms with van der Waals surface area (Å²) in [6, 6.07) is 0. The smallest absolute Gasteiger partial charge is 0.263 e. The predicted molar refractivity (Wildman–Crippen MR) is 95.3 cm³/mol. The molecule has 7 heteroatoms. The lowest BCUT2D eigenvalue weighted by molar-refractivity contribution is -0.115. The first-order chi connectivity index (χ1) is 11.1. The molecule has 124 valence electrons. The second kappa shape index (κ2) is 7.05. The first-order valence-electron chi connectivity index (χ1n) is 8.08. The van der Waals surface area contributed by atoms with Gasteiger partial charge in [-0.1, -0.05) is 25.1 Å². The fourth-order valence-corrected chi connectivity index (χ4v) is 5.05. The predicted octanol–water partition coefficient (Wildman–Crippen LogP) is 2.71. The Balaban J connectivity index is 2.13. The zero-order valence-corrected chi connectivity index (χ0v) is 14.9. The van der Waals surface area contributed by atoms with Gasteiger partial charge in [0.1, 0.15) is 4.83 Å². The summed E-state index contributed by atoms with van der Waals surface area (Å²) in [5, 5.41) is 1.43. The molecule has 0 aliphatic heterocycles. The van der Waals surface area contributed by atoms with Crippen molar-refractivity contribution in [1.29, 1.82) is 0 Å². The minimum Gasteiger partial charge on any atom is -0.369 e. The molecule has 2 heterocycles. The van der Waals surface area contributed by atoms with Crippen LogP contribution in [0, 0.1) is 0 Å². The number of primary amides is 1. The number of thiophene rings is 1. The molecule has 0 unspecified atom stereocenters. The Kier molecular flexibility index (Phi) is 5.06. The second-order valence-corrected chi connectivity index (χ2v) is 7.88. The van der Waals surface area contributed by atoms with Crippen molar-refractivity contribution in [1.82, 2.24) is 9.55 Å². The maximum absolute atomic E-state index is 13.0. The van der Waals surface area contributed by atoms with Crippen molar-refractivity contribution in [2.24, 2.45) is 5.73 Å². The molecular weight excluding hydrogens is 330 g/mol. The van der Waals surface area contributed by atoms with E-state index in [2.05, 4.69) is 6.92 Å². The minimum absolute atomic E-state index is 0.0508. The number of rotatable bonds is 6. The van der Waals surface area contributed by atoms with E-state index in [0.29, 0.717) is 11.7 Å². The average molecular weight is 351 g/mol. The summed E-state index contributed by atoms with van der Waals surface area (Å²) in [4.78, 5) is 31.0. The van der Waals surface area contributed by atoms with Gasteiger partial charge in [0.15, 0.2) is 5.16 Å². The molecule has 0 radical (unpaired) electrons. The fourth-order valence-electron chi connectivity index (χ4n) is 2.98. The number of unbranched alkanes of at least 4 members (excludes halogenated alkanes) is 1. The number of aryl methyl sites for hydroxylation is 2. The van der Waals surface area contributed by atoms with E-state index in [9.17, 15) is 9.59 Å². The number of hydrogen-bond donors (Lipinski definition) is 1. The zero-order chi connectivity index (χ0) is 16.4. The van der Waals surface area contributed by atoms with Gasteiger partial charge in [-0.25, -0.2) is 4.98 Å². The lowest BCUT2D eigenvalue weighted by atomic mass is 9.97. The van der Waals surface area contributed by atoms with Crippen LogP contribution in [0.15, 0.2) is 9.95 Å². The SMILES string of the molecule is CCCCn1c(SCC(N)=O)nc2sc3c(c2c1=O)CCCC3. The highest BCUT2D eigenvalue weighted by Crippen LogP contribution is 2.34. The monoisotopic (exact) mass is 351 g/mol. The number of carbonyl (C=O) groups is 1. The molecule has 5 nitrogen and oxygen atoms in total. The Morgan fingerprint density at radius 1 is 1.39 bits per heavy atom. The molecule has 0 bridgehead atoms. The van der Waals surface area contributed by atoms with E-state index in [-0.39, 0.29) is 11.3 Å². The molecule has 1 aliphatic carbocycles. The third-order valence-electron chi connectivity index (χ3n) is 4.12. The van der Waals surface area contributed by atoms with Crippen molar-refractivity contribution in [3.8, 4) is 0 Å². The largest absolute Gasteiger partial charge is 0.369 e. The topological polar surface area (TPSA) is 78.0 Å². The molecule has 0 saturated carbocycles. The molecule has 2 N–H and O–H groups in total.